The van der Waals surface area contributed by atoms with E-state index in [-0.39, 0.29) is 0 Å². The standard InChI is InChI=1S/C10H16S/c1-7(2)8-4-5-10(3)9(6-8)11-10/h8-9H,1,4-6H2,2-3H3/t8-,9-,10+/m0/s1. The lowest BCUT2D eigenvalue weighted by Crippen LogP contribution is -2.21. The highest BCUT2D eigenvalue weighted by atomic mass is 32.2. The van der Waals surface area contributed by atoms with E-state index >= 15 is 0 Å². The number of rotatable bonds is 1. The van der Waals surface area contributed by atoms with Gasteiger partial charge in [-0.3, -0.25) is 0 Å². The van der Waals surface area contributed by atoms with Crippen molar-refractivity contribution in [2.24, 2.45) is 5.92 Å². The maximum absolute atomic E-state index is 4.05. The predicted molar refractivity (Wildman–Crippen MR) is 51.9 cm³/mol. The number of hydrogen-bond donors (Lipinski definition) is 0. The number of fused-ring (bicyclic) bond motifs is 1. The average molecular weight is 168 g/mol. The van der Waals surface area contributed by atoms with Crippen molar-refractivity contribution >= 4 is 11.8 Å². The Kier molecular flexibility index (Phi) is 1.61. The topological polar surface area (TPSA) is 0 Å². The molecule has 2 fully saturated rings. The molecule has 2 aliphatic rings. The Bertz CT molecular complexity index is 197. The summed E-state index contributed by atoms with van der Waals surface area (Å²) in [7, 11) is 0. The van der Waals surface area contributed by atoms with E-state index in [0.29, 0.717) is 4.75 Å². The van der Waals surface area contributed by atoms with Gasteiger partial charge in [-0.15, -0.1) is 11.8 Å². The molecule has 1 heteroatoms. The van der Waals surface area contributed by atoms with Gasteiger partial charge in [-0.2, -0.15) is 0 Å². The third-order valence-electron chi connectivity index (χ3n) is 3.22. The molecule has 0 aromatic heterocycles. The SMILES string of the molecule is C=C(C)[C@H]1CC[C@@]2(C)S[C@H]2C1. The van der Waals surface area contributed by atoms with Crippen molar-refractivity contribution in [2.45, 2.75) is 43.1 Å². The highest BCUT2D eigenvalue weighted by molar-refractivity contribution is 8.08. The Morgan fingerprint density at radius 2 is 2.36 bits per heavy atom. The summed E-state index contributed by atoms with van der Waals surface area (Å²) >= 11 is 2.18. The molecule has 1 saturated carbocycles. The molecule has 0 spiro atoms. The van der Waals surface area contributed by atoms with Gasteiger partial charge in [0.1, 0.15) is 0 Å². The molecule has 0 amide bonds. The fourth-order valence-corrected chi connectivity index (χ4v) is 3.45. The summed E-state index contributed by atoms with van der Waals surface area (Å²) < 4.78 is 0.686. The molecule has 0 aromatic rings. The Balaban J connectivity index is 1.98. The molecular formula is C10H16S. The summed E-state index contributed by atoms with van der Waals surface area (Å²) in [5, 5.41) is 0.970. The van der Waals surface area contributed by atoms with Crippen LogP contribution < -0.4 is 0 Å². The van der Waals surface area contributed by atoms with Gasteiger partial charge in [0.2, 0.25) is 0 Å². The van der Waals surface area contributed by atoms with E-state index in [1.807, 2.05) is 0 Å². The second-order valence-corrected chi connectivity index (χ2v) is 5.97. The van der Waals surface area contributed by atoms with Crippen LogP contribution in [0.5, 0.6) is 0 Å². The lowest BCUT2D eigenvalue weighted by Gasteiger charge is -2.24. The molecule has 0 N–H and O–H groups in total. The van der Waals surface area contributed by atoms with Gasteiger partial charge in [-0.1, -0.05) is 12.2 Å². The molecule has 1 aliphatic heterocycles. The summed E-state index contributed by atoms with van der Waals surface area (Å²) in [5.41, 5.74) is 1.40. The van der Waals surface area contributed by atoms with Gasteiger partial charge in [0.25, 0.3) is 0 Å². The van der Waals surface area contributed by atoms with Crippen LogP contribution in [0.2, 0.25) is 0 Å². The van der Waals surface area contributed by atoms with Crippen LogP contribution in [0.25, 0.3) is 0 Å². The lowest BCUT2D eigenvalue weighted by atomic mass is 9.80. The summed E-state index contributed by atoms with van der Waals surface area (Å²) in [4.78, 5) is 0. The van der Waals surface area contributed by atoms with Gasteiger partial charge in [-0.05, 0) is 39.0 Å². The number of allylic oxidation sites excluding steroid dienone is 1. The van der Waals surface area contributed by atoms with E-state index in [1.165, 1.54) is 24.8 Å². The summed E-state index contributed by atoms with van der Waals surface area (Å²) in [6.07, 6.45) is 4.20. The molecule has 0 nitrogen and oxygen atoms in total. The Labute approximate surface area is 73.4 Å². The van der Waals surface area contributed by atoms with E-state index < -0.39 is 0 Å². The minimum Gasteiger partial charge on any atom is -0.149 e. The third-order valence-corrected chi connectivity index (χ3v) is 4.99. The molecule has 62 valence electrons. The zero-order chi connectivity index (χ0) is 8.06. The first-order valence-electron chi connectivity index (χ1n) is 4.45. The van der Waals surface area contributed by atoms with Gasteiger partial charge < -0.3 is 0 Å². The minimum absolute atomic E-state index is 0.686. The van der Waals surface area contributed by atoms with Crippen LogP contribution in [-0.4, -0.2) is 10.00 Å². The van der Waals surface area contributed by atoms with E-state index in [9.17, 15) is 0 Å². The van der Waals surface area contributed by atoms with E-state index in [0.717, 1.165) is 11.2 Å². The zero-order valence-corrected chi connectivity index (χ0v) is 8.21. The first-order chi connectivity index (χ1) is 5.12. The normalized spacial score (nSPS) is 48.2. The minimum atomic E-state index is 0.686. The van der Waals surface area contributed by atoms with Crippen molar-refractivity contribution in [1.82, 2.24) is 0 Å². The second-order valence-electron chi connectivity index (χ2n) is 4.24. The summed E-state index contributed by atoms with van der Waals surface area (Å²) in [5.74, 6) is 0.836. The van der Waals surface area contributed by atoms with Crippen LogP contribution in [0.15, 0.2) is 12.2 Å². The molecule has 2 rings (SSSR count). The van der Waals surface area contributed by atoms with Gasteiger partial charge in [0, 0.05) is 10.00 Å². The van der Waals surface area contributed by atoms with Crippen molar-refractivity contribution in [3.8, 4) is 0 Å². The summed E-state index contributed by atoms with van der Waals surface area (Å²) in [6, 6.07) is 0. The third kappa shape index (κ3) is 1.24. The van der Waals surface area contributed by atoms with Crippen LogP contribution in [0.3, 0.4) is 0 Å². The molecule has 1 heterocycles. The Morgan fingerprint density at radius 3 is 2.91 bits per heavy atom. The van der Waals surface area contributed by atoms with E-state index in [4.69, 9.17) is 0 Å². The van der Waals surface area contributed by atoms with Gasteiger partial charge in [-0.25, -0.2) is 0 Å². The Hall–Kier alpha value is 0.0900. The monoisotopic (exact) mass is 168 g/mol. The number of hydrogen-bond acceptors (Lipinski definition) is 1. The smallest absolute Gasteiger partial charge is 0.0254 e. The molecular weight excluding hydrogens is 152 g/mol. The van der Waals surface area contributed by atoms with Gasteiger partial charge in [0.15, 0.2) is 0 Å². The fourth-order valence-electron chi connectivity index (χ4n) is 2.09. The van der Waals surface area contributed by atoms with Crippen LogP contribution in [0, 0.1) is 5.92 Å². The molecule has 1 saturated heterocycles. The van der Waals surface area contributed by atoms with Crippen molar-refractivity contribution in [1.29, 1.82) is 0 Å². The highest BCUT2D eigenvalue weighted by Crippen LogP contribution is 2.62. The molecule has 1 aliphatic carbocycles. The van der Waals surface area contributed by atoms with Gasteiger partial charge in [0.05, 0.1) is 0 Å². The summed E-state index contributed by atoms with van der Waals surface area (Å²) in [6.45, 7) is 8.64. The van der Waals surface area contributed by atoms with Crippen molar-refractivity contribution < 1.29 is 0 Å². The zero-order valence-electron chi connectivity index (χ0n) is 7.39. The average Bonchev–Trinajstić information content (AvgIpc) is 2.58. The lowest BCUT2D eigenvalue weighted by molar-refractivity contribution is 0.398. The largest absolute Gasteiger partial charge is 0.149 e. The fraction of sp³-hybridized carbons (Fsp3) is 0.800. The van der Waals surface area contributed by atoms with Crippen molar-refractivity contribution in [3.05, 3.63) is 12.2 Å². The van der Waals surface area contributed by atoms with Crippen LogP contribution in [-0.2, 0) is 0 Å². The maximum atomic E-state index is 4.05. The van der Waals surface area contributed by atoms with Gasteiger partial charge >= 0.3 is 0 Å². The van der Waals surface area contributed by atoms with Crippen LogP contribution in [0.1, 0.15) is 33.1 Å². The molecule has 0 unspecified atom stereocenters. The van der Waals surface area contributed by atoms with E-state index in [1.54, 1.807) is 0 Å². The van der Waals surface area contributed by atoms with Crippen LogP contribution in [0.4, 0.5) is 0 Å². The second kappa shape index (κ2) is 2.29. The molecule has 0 bridgehead atoms. The predicted octanol–water partition coefficient (Wildman–Crippen LogP) is 3.24. The Morgan fingerprint density at radius 1 is 1.64 bits per heavy atom. The molecule has 11 heavy (non-hydrogen) atoms. The number of thioether (sulfide) groups is 1. The van der Waals surface area contributed by atoms with Crippen molar-refractivity contribution in [3.63, 3.8) is 0 Å². The van der Waals surface area contributed by atoms with Crippen LogP contribution >= 0.6 is 11.8 Å². The first kappa shape index (κ1) is 7.72. The molecule has 0 aromatic carbocycles. The van der Waals surface area contributed by atoms with E-state index in [2.05, 4.69) is 32.2 Å². The maximum Gasteiger partial charge on any atom is 0.0254 e. The van der Waals surface area contributed by atoms with Crippen molar-refractivity contribution in [2.75, 3.05) is 0 Å². The quantitative estimate of drug-likeness (QED) is 0.428. The molecule has 0 radical (unpaired) electrons. The highest BCUT2D eigenvalue weighted by Gasteiger charge is 2.54. The molecule has 3 atom stereocenters. The first-order valence-corrected chi connectivity index (χ1v) is 5.33.